The number of hydrogen-bond donors (Lipinski definition) is 1. The number of nitrogens with zero attached hydrogens (tertiary/aromatic N) is 5. The molecule has 2 aromatic heterocycles. The standard InChI is InChI=1S/C18H18N6O2/c25-18(24-9-3-7-16(24)17-20-22-23-21-17)14-5-1-6-15(10-14)26-12-13-4-2-8-19-11-13/h1-2,4-6,8,10-11,16H,3,7,9,12H2,(H,20,21,22,23)/t16-/m0/s1. The highest BCUT2D eigenvalue weighted by Crippen LogP contribution is 2.31. The molecule has 8 heteroatoms. The molecule has 1 saturated heterocycles. The van der Waals surface area contributed by atoms with E-state index in [1.54, 1.807) is 29.4 Å². The average Bonchev–Trinajstić information content (AvgIpc) is 3.38. The third kappa shape index (κ3) is 3.39. The first-order valence-electron chi connectivity index (χ1n) is 8.47. The molecule has 3 aromatic rings. The van der Waals surface area contributed by atoms with Crippen LogP contribution in [0.4, 0.5) is 0 Å². The van der Waals surface area contributed by atoms with E-state index in [1.165, 1.54) is 0 Å². The normalized spacial score (nSPS) is 16.6. The van der Waals surface area contributed by atoms with Crippen LogP contribution in [0.5, 0.6) is 5.75 Å². The summed E-state index contributed by atoms with van der Waals surface area (Å²) in [7, 11) is 0. The highest BCUT2D eigenvalue weighted by Gasteiger charge is 2.33. The number of pyridine rings is 1. The van der Waals surface area contributed by atoms with Gasteiger partial charge in [0.1, 0.15) is 12.4 Å². The number of carbonyl (C=O) groups is 1. The molecule has 3 heterocycles. The van der Waals surface area contributed by atoms with Gasteiger partial charge in [0.05, 0.1) is 6.04 Å². The van der Waals surface area contributed by atoms with Crippen molar-refractivity contribution in [2.75, 3.05) is 6.54 Å². The Hall–Kier alpha value is -3.29. The van der Waals surface area contributed by atoms with Gasteiger partial charge in [-0.05, 0) is 37.1 Å². The van der Waals surface area contributed by atoms with E-state index in [0.717, 1.165) is 18.4 Å². The van der Waals surface area contributed by atoms with Crippen molar-refractivity contribution in [1.82, 2.24) is 30.5 Å². The van der Waals surface area contributed by atoms with Gasteiger partial charge >= 0.3 is 0 Å². The summed E-state index contributed by atoms with van der Waals surface area (Å²) in [6, 6.07) is 10.9. The zero-order valence-electron chi connectivity index (χ0n) is 14.1. The summed E-state index contributed by atoms with van der Waals surface area (Å²) in [6.07, 6.45) is 5.23. The maximum absolute atomic E-state index is 13.0. The summed E-state index contributed by atoms with van der Waals surface area (Å²) in [5.74, 6) is 1.15. The summed E-state index contributed by atoms with van der Waals surface area (Å²) >= 11 is 0. The predicted molar refractivity (Wildman–Crippen MR) is 92.2 cm³/mol. The maximum Gasteiger partial charge on any atom is 0.254 e. The Labute approximate surface area is 150 Å². The van der Waals surface area contributed by atoms with Crippen LogP contribution in [0.2, 0.25) is 0 Å². The number of rotatable bonds is 5. The van der Waals surface area contributed by atoms with Crippen molar-refractivity contribution in [2.45, 2.75) is 25.5 Å². The summed E-state index contributed by atoms with van der Waals surface area (Å²) in [5, 5.41) is 14.1. The van der Waals surface area contributed by atoms with Crippen molar-refractivity contribution in [3.8, 4) is 5.75 Å². The number of tetrazole rings is 1. The summed E-state index contributed by atoms with van der Waals surface area (Å²) in [5.41, 5.74) is 1.56. The fourth-order valence-corrected chi connectivity index (χ4v) is 3.12. The van der Waals surface area contributed by atoms with Crippen molar-refractivity contribution in [1.29, 1.82) is 0 Å². The van der Waals surface area contributed by atoms with Crippen LogP contribution in [-0.4, -0.2) is 43.0 Å². The minimum Gasteiger partial charge on any atom is -0.489 e. The lowest BCUT2D eigenvalue weighted by Crippen LogP contribution is -2.31. The Balaban J connectivity index is 1.48. The molecule has 0 bridgehead atoms. The van der Waals surface area contributed by atoms with Gasteiger partial charge in [-0.2, -0.15) is 5.21 Å². The molecule has 8 nitrogen and oxygen atoms in total. The Bertz CT molecular complexity index is 868. The van der Waals surface area contributed by atoms with Crippen LogP contribution < -0.4 is 4.74 Å². The number of carbonyl (C=O) groups excluding carboxylic acids is 1. The second-order valence-electron chi connectivity index (χ2n) is 6.10. The lowest BCUT2D eigenvalue weighted by Gasteiger charge is -2.22. The van der Waals surface area contributed by atoms with E-state index in [0.29, 0.717) is 30.3 Å². The van der Waals surface area contributed by atoms with E-state index in [2.05, 4.69) is 25.6 Å². The lowest BCUT2D eigenvalue weighted by atomic mass is 10.1. The predicted octanol–water partition coefficient (Wildman–Crippen LogP) is 2.15. The van der Waals surface area contributed by atoms with Crippen LogP contribution in [0.15, 0.2) is 48.8 Å². The van der Waals surface area contributed by atoms with Gasteiger partial charge in [0, 0.05) is 30.1 Å². The number of H-pyrrole nitrogens is 1. The highest BCUT2D eigenvalue weighted by molar-refractivity contribution is 5.95. The fourth-order valence-electron chi connectivity index (χ4n) is 3.12. The number of nitrogens with one attached hydrogen (secondary N) is 1. The molecule has 1 fully saturated rings. The van der Waals surface area contributed by atoms with E-state index < -0.39 is 0 Å². The highest BCUT2D eigenvalue weighted by atomic mass is 16.5. The Morgan fingerprint density at radius 3 is 3.08 bits per heavy atom. The number of likely N-dealkylation sites (tertiary alicyclic amines) is 1. The van der Waals surface area contributed by atoms with Crippen LogP contribution in [0.25, 0.3) is 0 Å². The Morgan fingerprint density at radius 2 is 2.27 bits per heavy atom. The van der Waals surface area contributed by atoms with E-state index >= 15 is 0 Å². The van der Waals surface area contributed by atoms with Gasteiger partial charge in [0.2, 0.25) is 0 Å². The molecule has 0 spiro atoms. The molecular formula is C18H18N6O2. The van der Waals surface area contributed by atoms with E-state index in [4.69, 9.17) is 4.74 Å². The van der Waals surface area contributed by atoms with E-state index in [1.807, 2.05) is 24.3 Å². The van der Waals surface area contributed by atoms with Crippen molar-refractivity contribution < 1.29 is 9.53 Å². The van der Waals surface area contributed by atoms with Crippen molar-refractivity contribution in [3.05, 3.63) is 65.7 Å². The minimum atomic E-state index is -0.138. The number of hydrogen-bond acceptors (Lipinski definition) is 6. The molecule has 132 valence electrons. The lowest BCUT2D eigenvalue weighted by molar-refractivity contribution is 0.0729. The maximum atomic E-state index is 13.0. The number of aromatic nitrogens is 5. The second kappa shape index (κ2) is 7.30. The SMILES string of the molecule is O=C(c1cccc(OCc2cccnc2)c1)N1CCC[C@H]1c1nn[nH]n1. The van der Waals surface area contributed by atoms with Crippen LogP contribution >= 0.6 is 0 Å². The van der Waals surface area contributed by atoms with Crippen LogP contribution in [0, 0.1) is 0 Å². The Morgan fingerprint density at radius 1 is 1.31 bits per heavy atom. The van der Waals surface area contributed by atoms with Gasteiger partial charge in [-0.15, -0.1) is 10.2 Å². The van der Waals surface area contributed by atoms with Gasteiger partial charge in [-0.25, -0.2) is 0 Å². The number of ether oxygens (including phenoxy) is 1. The van der Waals surface area contributed by atoms with Crippen LogP contribution in [0.3, 0.4) is 0 Å². The molecule has 0 aliphatic carbocycles. The molecular weight excluding hydrogens is 332 g/mol. The average molecular weight is 350 g/mol. The second-order valence-corrected chi connectivity index (χ2v) is 6.10. The quantitative estimate of drug-likeness (QED) is 0.757. The molecule has 1 atom stereocenters. The Kier molecular flexibility index (Phi) is 4.55. The van der Waals surface area contributed by atoms with Crippen molar-refractivity contribution in [2.24, 2.45) is 0 Å². The minimum absolute atomic E-state index is 0.0517. The first-order valence-corrected chi connectivity index (χ1v) is 8.47. The topological polar surface area (TPSA) is 96.9 Å². The molecule has 0 radical (unpaired) electrons. The smallest absolute Gasteiger partial charge is 0.254 e. The van der Waals surface area contributed by atoms with E-state index in [-0.39, 0.29) is 11.9 Å². The molecule has 1 N–H and O–H groups in total. The van der Waals surface area contributed by atoms with Crippen molar-refractivity contribution in [3.63, 3.8) is 0 Å². The summed E-state index contributed by atoms with van der Waals surface area (Å²) in [6.45, 7) is 1.08. The number of benzene rings is 1. The van der Waals surface area contributed by atoms with Gasteiger partial charge in [-0.3, -0.25) is 9.78 Å². The zero-order valence-corrected chi connectivity index (χ0v) is 14.1. The molecule has 4 rings (SSSR count). The van der Waals surface area contributed by atoms with Gasteiger partial charge in [0.15, 0.2) is 5.82 Å². The summed E-state index contributed by atoms with van der Waals surface area (Å²) in [4.78, 5) is 18.8. The monoisotopic (exact) mass is 350 g/mol. The van der Waals surface area contributed by atoms with Gasteiger partial charge in [0.25, 0.3) is 5.91 Å². The van der Waals surface area contributed by atoms with Crippen molar-refractivity contribution >= 4 is 5.91 Å². The largest absolute Gasteiger partial charge is 0.489 e. The molecule has 1 aliphatic heterocycles. The molecule has 26 heavy (non-hydrogen) atoms. The molecule has 1 amide bonds. The first kappa shape index (κ1) is 16.2. The summed E-state index contributed by atoms with van der Waals surface area (Å²) < 4.78 is 5.79. The number of aromatic amines is 1. The van der Waals surface area contributed by atoms with Crippen LogP contribution in [-0.2, 0) is 6.61 Å². The molecule has 0 unspecified atom stereocenters. The zero-order chi connectivity index (χ0) is 17.8. The third-order valence-corrected chi connectivity index (χ3v) is 4.38. The van der Waals surface area contributed by atoms with Gasteiger partial charge < -0.3 is 9.64 Å². The van der Waals surface area contributed by atoms with Gasteiger partial charge in [-0.1, -0.05) is 17.3 Å². The van der Waals surface area contributed by atoms with E-state index in [9.17, 15) is 4.79 Å². The molecule has 1 aliphatic rings. The third-order valence-electron chi connectivity index (χ3n) is 4.38. The fraction of sp³-hybridized carbons (Fsp3) is 0.278. The molecule has 0 saturated carbocycles. The number of amides is 1. The molecule has 1 aromatic carbocycles. The van der Waals surface area contributed by atoms with Crippen LogP contribution in [0.1, 0.15) is 40.6 Å². The first-order chi connectivity index (χ1) is 12.8.